The van der Waals surface area contributed by atoms with Gasteiger partial charge in [0.1, 0.15) is 22.8 Å². The van der Waals surface area contributed by atoms with Crippen LogP contribution >= 0.6 is 0 Å². The molecule has 2 rings (SSSR count). The minimum absolute atomic E-state index is 0.0220. The fraction of sp³-hybridized carbons (Fsp3) is 0.222. The van der Waals surface area contributed by atoms with Crippen molar-refractivity contribution in [2.75, 3.05) is 26.1 Å². The van der Waals surface area contributed by atoms with E-state index in [1.165, 1.54) is 50.6 Å². The van der Waals surface area contributed by atoms with E-state index in [0.717, 1.165) is 0 Å². The van der Waals surface area contributed by atoms with Crippen LogP contribution in [0.2, 0.25) is 0 Å². The number of rotatable bonds is 8. The highest BCUT2D eigenvalue weighted by molar-refractivity contribution is 5.99. The molecule has 2 aromatic carbocycles. The van der Waals surface area contributed by atoms with Gasteiger partial charge in [-0.05, 0) is 24.3 Å². The number of benzene rings is 2. The lowest BCUT2D eigenvalue weighted by Gasteiger charge is -2.13. The SMILES string of the molecule is COc1cccc(OC)c1C(=O)OCC(=O)Nc1ccccc1OC(F)F. The first-order valence-corrected chi connectivity index (χ1v) is 7.68. The van der Waals surface area contributed by atoms with Crippen molar-refractivity contribution < 1.29 is 37.3 Å². The summed E-state index contributed by atoms with van der Waals surface area (Å²) in [6.07, 6.45) is 0. The number of halogens is 2. The largest absolute Gasteiger partial charge is 0.496 e. The van der Waals surface area contributed by atoms with Crippen LogP contribution in [0.1, 0.15) is 10.4 Å². The van der Waals surface area contributed by atoms with Crippen molar-refractivity contribution in [3.05, 3.63) is 48.0 Å². The standard InChI is InChI=1S/C18H17F2NO6/c1-24-13-8-5-9-14(25-2)16(13)17(23)26-10-15(22)21-11-6-3-4-7-12(11)27-18(19)20/h3-9,18H,10H2,1-2H3,(H,21,22). The highest BCUT2D eigenvalue weighted by Crippen LogP contribution is 2.29. The number of esters is 1. The van der Waals surface area contributed by atoms with Gasteiger partial charge in [0, 0.05) is 0 Å². The Hall–Kier alpha value is -3.36. The lowest BCUT2D eigenvalue weighted by molar-refractivity contribution is -0.119. The Labute approximate surface area is 153 Å². The van der Waals surface area contributed by atoms with E-state index in [2.05, 4.69) is 10.1 Å². The molecule has 0 heterocycles. The average molecular weight is 381 g/mol. The topological polar surface area (TPSA) is 83.1 Å². The Morgan fingerprint density at radius 2 is 1.56 bits per heavy atom. The summed E-state index contributed by atoms with van der Waals surface area (Å²) in [7, 11) is 2.75. The summed E-state index contributed by atoms with van der Waals surface area (Å²) in [6.45, 7) is -3.69. The van der Waals surface area contributed by atoms with Gasteiger partial charge in [0.25, 0.3) is 5.91 Å². The molecule has 0 saturated heterocycles. The van der Waals surface area contributed by atoms with Crippen molar-refractivity contribution >= 4 is 17.6 Å². The number of carbonyl (C=O) groups is 2. The van der Waals surface area contributed by atoms with Crippen LogP contribution in [0.3, 0.4) is 0 Å². The maximum absolute atomic E-state index is 12.4. The molecule has 1 N–H and O–H groups in total. The van der Waals surface area contributed by atoms with Crippen molar-refractivity contribution in [2.45, 2.75) is 6.61 Å². The molecule has 0 aromatic heterocycles. The number of ether oxygens (including phenoxy) is 4. The Morgan fingerprint density at radius 3 is 2.15 bits per heavy atom. The molecule has 0 atom stereocenters. The summed E-state index contributed by atoms with van der Waals surface area (Å²) < 4.78 is 44.3. The number of carbonyl (C=O) groups excluding carboxylic acids is 2. The third-order valence-electron chi connectivity index (χ3n) is 3.34. The molecule has 0 aliphatic heterocycles. The van der Waals surface area contributed by atoms with Crippen LogP contribution in [0.4, 0.5) is 14.5 Å². The predicted octanol–water partition coefficient (Wildman–Crippen LogP) is 3.10. The van der Waals surface area contributed by atoms with E-state index in [0.29, 0.717) is 0 Å². The first-order valence-electron chi connectivity index (χ1n) is 7.68. The summed E-state index contributed by atoms with van der Waals surface area (Å²) >= 11 is 0. The van der Waals surface area contributed by atoms with Crippen molar-refractivity contribution in [2.24, 2.45) is 0 Å². The third-order valence-corrected chi connectivity index (χ3v) is 3.34. The smallest absolute Gasteiger partial charge is 0.387 e. The van der Waals surface area contributed by atoms with Crippen LogP contribution in [0.5, 0.6) is 17.2 Å². The lowest BCUT2D eigenvalue weighted by Crippen LogP contribution is -2.22. The van der Waals surface area contributed by atoms with Crippen molar-refractivity contribution in [3.63, 3.8) is 0 Å². The first-order chi connectivity index (χ1) is 13.0. The second kappa shape index (κ2) is 9.37. The van der Waals surface area contributed by atoms with Gasteiger partial charge in [0.05, 0.1) is 19.9 Å². The molecule has 2 aromatic rings. The quantitative estimate of drug-likeness (QED) is 0.708. The lowest BCUT2D eigenvalue weighted by atomic mass is 10.2. The van der Waals surface area contributed by atoms with Crippen LogP contribution < -0.4 is 19.5 Å². The van der Waals surface area contributed by atoms with Gasteiger partial charge < -0.3 is 24.3 Å². The number of amides is 1. The maximum atomic E-state index is 12.4. The number of methoxy groups -OCH3 is 2. The Kier molecular flexibility index (Phi) is 6.93. The van der Waals surface area contributed by atoms with Crippen LogP contribution in [0.15, 0.2) is 42.5 Å². The predicted molar refractivity (Wildman–Crippen MR) is 91.5 cm³/mol. The van der Waals surface area contributed by atoms with Crippen LogP contribution in [-0.4, -0.2) is 39.3 Å². The second-order valence-corrected chi connectivity index (χ2v) is 5.04. The normalized spacial score (nSPS) is 10.3. The summed E-state index contributed by atoms with van der Waals surface area (Å²) in [4.78, 5) is 24.3. The molecule has 0 fully saturated rings. The number of alkyl halides is 2. The van der Waals surface area contributed by atoms with Gasteiger partial charge >= 0.3 is 12.6 Å². The maximum Gasteiger partial charge on any atom is 0.387 e. The first kappa shape index (κ1) is 20.0. The zero-order valence-corrected chi connectivity index (χ0v) is 14.5. The van der Waals surface area contributed by atoms with Crippen molar-refractivity contribution in [1.82, 2.24) is 0 Å². The number of hydrogen-bond acceptors (Lipinski definition) is 6. The molecule has 7 nitrogen and oxygen atoms in total. The van der Waals surface area contributed by atoms with Crippen molar-refractivity contribution in [3.8, 4) is 17.2 Å². The molecule has 9 heteroatoms. The zero-order valence-electron chi connectivity index (χ0n) is 14.5. The van der Waals surface area contributed by atoms with Crippen LogP contribution in [-0.2, 0) is 9.53 Å². The molecule has 0 saturated carbocycles. The van der Waals surface area contributed by atoms with Crippen molar-refractivity contribution in [1.29, 1.82) is 0 Å². The Bertz CT molecular complexity index is 790. The molecular formula is C18H17F2NO6. The number of hydrogen-bond donors (Lipinski definition) is 1. The number of anilines is 1. The molecule has 0 spiro atoms. The van der Waals surface area contributed by atoms with Gasteiger partial charge in [-0.25, -0.2) is 4.79 Å². The summed E-state index contributed by atoms with van der Waals surface area (Å²) in [5.41, 5.74) is 0.0467. The Balaban J connectivity index is 2.04. The molecule has 0 aliphatic carbocycles. The Morgan fingerprint density at radius 1 is 0.963 bits per heavy atom. The highest BCUT2D eigenvalue weighted by Gasteiger charge is 2.21. The molecule has 144 valence electrons. The van der Waals surface area contributed by atoms with E-state index >= 15 is 0 Å². The molecule has 0 bridgehead atoms. The molecular weight excluding hydrogens is 364 g/mol. The molecule has 0 unspecified atom stereocenters. The number of nitrogens with one attached hydrogen (secondary N) is 1. The number of para-hydroxylation sites is 2. The van der Waals surface area contributed by atoms with Gasteiger partial charge in [0.2, 0.25) is 0 Å². The third kappa shape index (κ3) is 5.30. The summed E-state index contributed by atoms with van der Waals surface area (Å²) in [5, 5.41) is 2.34. The average Bonchev–Trinajstić information content (AvgIpc) is 2.66. The van der Waals surface area contributed by atoms with Gasteiger partial charge in [-0.1, -0.05) is 18.2 Å². The molecule has 1 amide bonds. The summed E-state index contributed by atoms with van der Waals surface area (Å²) in [5.74, 6) is -1.34. The van der Waals surface area contributed by atoms with Gasteiger partial charge in [-0.15, -0.1) is 0 Å². The van der Waals surface area contributed by atoms with Gasteiger partial charge in [-0.3, -0.25) is 4.79 Å². The second-order valence-electron chi connectivity index (χ2n) is 5.04. The summed E-state index contributed by atoms with van der Waals surface area (Å²) in [6, 6.07) is 10.4. The minimum atomic E-state index is -3.04. The van der Waals surface area contributed by atoms with E-state index in [1.807, 2.05) is 0 Å². The van der Waals surface area contributed by atoms with E-state index in [-0.39, 0.29) is 28.5 Å². The van der Waals surface area contributed by atoms with E-state index in [1.54, 1.807) is 6.07 Å². The highest BCUT2D eigenvalue weighted by atomic mass is 19.3. The monoisotopic (exact) mass is 381 g/mol. The van der Waals surface area contributed by atoms with Gasteiger partial charge in [0.15, 0.2) is 6.61 Å². The minimum Gasteiger partial charge on any atom is -0.496 e. The van der Waals surface area contributed by atoms with E-state index in [9.17, 15) is 18.4 Å². The van der Waals surface area contributed by atoms with E-state index < -0.39 is 25.1 Å². The molecule has 27 heavy (non-hydrogen) atoms. The zero-order chi connectivity index (χ0) is 19.8. The van der Waals surface area contributed by atoms with Crippen LogP contribution in [0, 0.1) is 0 Å². The molecule has 0 radical (unpaired) electrons. The van der Waals surface area contributed by atoms with E-state index in [4.69, 9.17) is 14.2 Å². The molecule has 0 aliphatic rings. The fourth-order valence-corrected chi connectivity index (χ4v) is 2.21. The van der Waals surface area contributed by atoms with Gasteiger partial charge in [-0.2, -0.15) is 8.78 Å². The van der Waals surface area contributed by atoms with Crippen LogP contribution in [0.25, 0.3) is 0 Å². The fourth-order valence-electron chi connectivity index (χ4n) is 2.21.